The van der Waals surface area contributed by atoms with E-state index < -0.39 is 17.5 Å². The quantitative estimate of drug-likeness (QED) is 0.566. The highest BCUT2D eigenvalue weighted by Crippen LogP contribution is 2.30. The van der Waals surface area contributed by atoms with Gasteiger partial charge in [0.2, 0.25) is 0 Å². The minimum atomic E-state index is -0.647. The van der Waals surface area contributed by atoms with Crippen LogP contribution in [0.25, 0.3) is 0 Å². The van der Waals surface area contributed by atoms with Crippen molar-refractivity contribution in [3.05, 3.63) is 40.8 Å². The molecule has 0 heterocycles. The summed E-state index contributed by atoms with van der Waals surface area (Å²) in [4.78, 5) is 10.3. The van der Waals surface area contributed by atoms with Gasteiger partial charge in [0.05, 0.1) is 18.2 Å². The third kappa shape index (κ3) is 3.41. The second-order valence-corrected chi connectivity index (χ2v) is 3.68. The van der Waals surface area contributed by atoms with Crippen LogP contribution in [0.3, 0.4) is 0 Å². The zero-order chi connectivity index (χ0) is 12.8. The van der Waals surface area contributed by atoms with Crippen LogP contribution >= 0.6 is 0 Å². The Morgan fingerprint density at radius 3 is 2.82 bits per heavy atom. The van der Waals surface area contributed by atoms with Crippen LogP contribution in [-0.2, 0) is 0 Å². The van der Waals surface area contributed by atoms with Crippen LogP contribution in [0.2, 0.25) is 0 Å². The molecule has 0 aliphatic heterocycles. The Labute approximate surface area is 99.6 Å². The van der Waals surface area contributed by atoms with Crippen molar-refractivity contribution >= 4 is 5.69 Å². The molecule has 93 valence electrons. The van der Waals surface area contributed by atoms with Gasteiger partial charge in [-0.3, -0.25) is 14.5 Å². The molecule has 0 saturated heterocycles. The molecule has 0 spiro atoms. The molecule has 17 heavy (non-hydrogen) atoms. The monoisotopic (exact) mass is 240 g/mol. The van der Waals surface area contributed by atoms with Crippen LogP contribution in [0.15, 0.2) is 18.2 Å². The van der Waals surface area contributed by atoms with Gasteiger partial charge in [-0.25, -0.2) is 0 Å². The molecule has 5 heteroatoms. The first-order valence-electron chi connectivity index (χ1n) is 5.40. The first-order valence-corrected chi connectivity index (χ1v) is 5.40. The van der Waals surface area contributed by atoms with E-state index in [0.717, 1.165) is 6.42 Å². The molecule has 1 radical (unpaired) electrons. The molecule has 1 atom stereocenters. The predicted octanol–water partition coefficient (Wildman–Crippen LogP) is 3.27. The summed E-state index contributed by atoms with van der Waals surface area (Å²) in [7, 11) is 0. The van der Waals surface area contributed by atoms with Gasteiger partial charge in [-0.15, -0.1) is 0 Å². The number of ether oxygens (including phenoxy) is 1. The van der Waals surface area contributed by atoms with Crippen molar-refractivity contribution in [2.75, 3.05) is 13.3 Å². The summed E-state index contributed by atoms with van der Waals surface area (Å²) < 4.78 is 17.7. The number of nitro benzene ring substituents is 1. The molecule has 1 rings (SSSR count). The number of hydrogen-bond acceptors (Lipinski definition) is 3. The van der Waals surface area contributed by atoms with Gasteiger partial charge in [0.1, 0.15) is 0 Å². The molecule has 0 N–H and O–H groups in total. The predicted molar refractivity (Wildman–Crippen MR) is 63.0 cm³/mol. The minimum absolute atomic E-state index is 0.141. The average Bonchev–Trinajstić information content (AvgIpc) is 2.35. The first-order chi connectivity index (χ1) is 8.10. The molecular formula is C12H15FNO3. The fourth-order valence-corrected chi connectivity index (χ4v) is 1.35. The van der Waals surface area contributed by atoms with E-state index in [4.69, 9.17) is 4.74 Å². The van der Waals surface area contributed by atoms with Crippen molar-refractivity contribution in [2.24, 2.45) is 0 Å². The Balaban J connectivity index is 3.03. The molecule has 0 aliphatic rings. The highest BCUT2D eigenvalue weighted by Gasteiger charge is 2.18. The summed E-state index contributed by atoms with van der Waals surface area (Å²) in [5.74, 6) is -0.374. The zero-order valence-corrected chi connectivity index (χ0v) is 9.69. The lowest BCUT2D eigenvalue weighted by Gasteiger charge is -2.10. The van der Waals surface area contributed by atoms with E-state index in [9.17, 15) is 14.5 Å². The van der Waals surface area contributed by atoms with Gasteiger partial charge >= 0.3 is 5.69 Å². The topological polar surface area (TPSA) is 52.4 Å². The van der Waals surface area contributed by atoms with E-state index in [2.05, 4.69) is 6.92 Å². The molecule has 4 nitrogen and oxygen atoms in total. The molecular weight excluding hydrogens is 225 g/mol. The van der Waals surface area contributed by atoms with Crippen molar-refractivity contribution < 1.29 is 14.1 Å². The van der Waals surface area contributed by atoms with E-state index in [-0.39, 0.29) is 11.4 Å². The summed E-state index contributed by atoms with van der Waals surface area (Å²) in [6.07, 6.45) is 0.765. The van der Waals surface area contributed by atoms with Gasteiger partial charge in [-0.2, -0.15) is 0 Å². The maximum atomic E-state index is 12.4. The number of hydrogen-bond donors (Lipinski definition) is 0. The van der Waals surface area contributed by atoms with E-state index in [1.807, 2.05) is 6.92 Å². The maximum absolute atomic E-state index is 12.4. The summed E-state index contributed by atoms with van der Waals surface area (Å²) >= 11 is 0. The van der Waals surface area contributed by atoms with Gasteiger partial charge in [0.25, 0.3) is 0 Å². The third-order valence-corrected chi connectivity index (χ3v) is 2.30. The van der Waals surface area contributed by atoms with Crippen molar-refractivity contribution in [3.63, 3.8) is 0 Å². The van der Waals surface area contributed by atoms with Crippen LogP contribution in [0.5, 0.6) is 5.75 Å². The number of benzene rings is 1. The van der Waals surface area contributed by atoms with Crippen molar-refractivity contribution in [3.8, 4) is 5.75 Å². The van der Waals surface area contributed by atoms with Crippen LogP contribution in [0.1, 0.15) is 24.8 Å². The van der Waals surface area contributed by atoms with Crippen LogP contribution in [0, 0.1) is 17.0 Å². The van der Waals surface area contributed by atoms with Crippen LogP contribution in [-0.4, -0.2) is 18.2 Å². The summed E-state index contributed by atoms with van der Waals surface area (Å²) in [6.45, 7) is 5.26. The molecule has 1 aromatic rings. The van der Waals surface area contributed by atoms with Crippen LogP contribution in [0.4, 0.5) is 10.1 Å². The Morgan fingerprint density at radius 1 is 1.59 bits per heavy atom. The Morgan fingerprint density at radius 2 is 2.29 bits per heavy atom. The smallest absolute Gasteiger partial charge is 0.311 e. The summed E-state index contributed by atoms with van der Waals surface area (Å²) in [6, 6.07) is 4.43. The molecule has 1 aromatic carbocycles. The van der Waals surface area contributed by atoms with Crippen LogP contribution < -0.4 is 4.74 Å². The lowest BCUT2D eigenvalue weighted by Crippen LogP contribution is -2.02. The highest BCUT2D eigenvalue weighted by molar-refractivity contribution is 5.49. The fourth-order valence-electron chi connectivity index (χ4n) is 1.35. The Kier molecular flexibility index (Phi) is 4.87. The Hall–Kier alpha value is -1.65. The van der Waals surface area contributed by atoms with E-state index >= 15 is 0 Å². The highest BCUT2D eigenvalue weighted by atomic mass is 19.1. The van der Waals surface area contributed by atoms with Crippen molar-refractivity contribution in [1.29, 1.82) is 0 Å². The van der Waals surface area contributed by atoms with E-state index in [1.54, 1.807) is 6.07 Å². The number of nitro groups is 1. The number of alkyl halides is 1. The molecule has 0 saturated carbocycles. The molecule has 0 aromatic heterocycles. The molecule has 0 amide bonds. The second-order valence-electron chi connectivity index (χ2n) is 3.68. The molecule has 1 unspecified atom stereocenters. The van der Waals surface area contributed by atoms with Crippen molar-refractivity contribution in [1.82, 2.24) is 0 Å². The zero-order valence-electron chi connectivity index (χ0n) is 9.69. The second kappa shape index (κ2) is 6.18. The first kappa shape index (κ1) is 13.4. The summed E-state index contributed by atoms with van der Waals surface area (Å²) in [5, 5.41) is 10.9. The standard InChI is InChI=1S/C12H15FNO3/c1-3-6-17-12-5-4-10(9(2)8-13)7-11(12)14(15)16/h4-5,7,9H,2-3,6,8H2,1H3. The SMILES string of the molecule is [CH2]C(CF)c1ccc(OCCC)c([N+](=O)[O-])c1. The minimum Gasteiger partial charge on any atom is -0.487 e. The van der Waals surface area contributed by atoms with Gasteiger partial charge in [-0.05, 0) is 25.0 Å². The third-order valence-electron chi connectivity index (χ3n) is 2.30. The molecule has 0 fully saturated rings. The molecule has 0 bridgehead atoms. The summed E-state index contributed by atoms with van der Waals surface area (Å²) in [5.41, 5.74) is 0.362. The number of nitrogens with zero attached hydrogens (tertiary/aromatic N) is 1. The van der Waals surface area contributed by atoms with E-state index in [1.165, 1.54) is 12.1 Å². The number of rotatable bonds is 6. The molecule has 0 aliphatic carbocycles. The fraction of sp³-hybridized carbons (Fsp3) is 0.417. The Bertz CT molecular complexity index is 395. The van der Waals surface area contributed by atoms with Gasteiger partial charge < -0.3 is 4.74 Å². The van der Waals surface area contributed by atoms with Gasteiger partial charge in [0, 0.05) is 12.0 Å². The lowest BCUT2D eigenvalue weighted by atomic mass is 10.0. The van der Waals surface area contributed by atoms with Gasteiger partial charge in [-0.1, -0.05) is 13.0 Å². The average molecular weight is 240 g/mol. The van der Waals surface area contributed by atoms with Crippen molar-refractivity contribution in [2.45, 2.75) is 19.3 Å². The van der Waals surface area contributed by atoms with E-state index in [0.29, 0.717) is 12.2 Å². The van der Waals surface area contributed by atoms with Gasteiger partial charge in [0.15, 0.2) is 5.75 Å². The normalized spacial score (nSPS) is 12.2. The largest absolute Gasteiger partial charge is 0.487 e. The maximum Gasteiger partial charge on any atom is 0.311 e. The number of halogens is 1. The lowest BCUT2D eigenvalue weighted by molar-refractivity contribution is -0.385.